The Kier molecular flexibility index (Phi) is 6.66. The minimum absolute atomic E-state index is 0.000899. The fourth-order valence-electron chi connectivity index (χ4n) is 3.06. The third-order valence-electron chi connectivity index (χ3n) is 4.61. The summed E-state index contributed by atoms with van der Waals surface area (Å²) in [5.74, 6) is 0.908. The largest absolute Gasteiger partial charge is 0.416 e. The SMILES string of the molecule is O=C(Nc1ccccc1CN1CCSCC1)c1cc(C(F)(F)F)cc(C(F)(F)F)c1. The van der Waals surface area contributed by atoms with Gasteiger partial charge < -0.3 is 5.32 Å². The standard InChI is InChI=1S/C20H18F6N2OS/c21-19(22,23)15-9-14(10-16(11-15)20(24,25)26)18(29)27-17-4-2-1-3-13(17)12-28-5-7-30-8-6-28/h1-4,9-11H,5-8,12H2,(H,27,29). The number of nitrogens with zero attached hydrogens (tertiary/aromatic N) is 1. The van der Waals surface area contributed by atoms with Crippen LogP contribution in [0.4, 0.5) is 32.0 Å². The Morgan fingerprint density at radius 3 is 2.07 bits per heavy atom. The van der Waals surface area contributed by atoms with Crippen LogP contribution in [0.1, 0.15) is 27.0 Å². The molecule has 162 valence electrons. The zero-order valence-electron chi connectivity index (χ0n) is 15.6. The number of amides is 1. The molecule has 1 heterocycles. The molecule has 0 bridgehead atoms. The van der Waals surface area contributed by atoms with E-state index < -0.39 is 35.0 Å². The maximum absolute atomic E-state index is 13.0. The molecule has 0 radical (unpaired) electrons. The number of carbonyl (C=O) groups excluding carboxylic acids is 1. The Balaban J connectivity index is 1.87. The summed E-state index contributed by atoms with van der Waals surface area (Å²) in [5, 5.41) is 2.47. The fraction of sp³-hybridized carbons (Fsp3) is 0.350. The van der Waals surface area contributed by atoms with Gasteiger partial charge in [-0.3, -0.25) is 9.69 Å². The summed E-state index contributed by atoms with van der Waals surface area (Å²) in [6.45, 7) is 2.23. The zero-order chi connectivity index (χ0) is 21.9. The average molecular weight is 448 g/mol. The van der Waals surface area contributed by atoms with E-state index >= 15 is 0 Å². The molecular weight excluding hydrogens is 430 g/mol. The first-order valence-electron chi connectivity index (χ1n) is 9.03. The highest BCUT2D eigenvalue weighted by Crippen LogP contribution is 2.36. The van der Waals surface area contributed by atoms with E-state index in [0.29, 0.717) is 24.4 Å². The van der Waals surface area contributed by atoms with E-state index in [9.17, 15) is 31.1 Å². The van der Waals surface area contributed by atoms with Crippen molar-refractivity contribution in [3.05, 3.63) is 64.7 Å². The van der Waals surface area contributed by atoms with Crippen molar-refractivity contribution in [2.45, 2.75) is 18.9 Å². The number of hydrogen-bond donors (Lipinski definition) is 1. The average Bonchev–Trinajstić information content (AvgIpc) is 2.68. The van der Waals surface area contributed by atoms with Crippen molar-refractivity contribution >= 4 is 23.4 Å². The van der Waals surface area contributed by atoms with Crippen molar-refractivity contribution in [3.63, 3.8) is 0 Å². The number of rotatable bonds is 4. The third-order valence-corrected chi connectivity index (χ3v) is 5.56. The van der Waals surface area contributed by atoms with Crippen molar-refractivity contribution in [2.75, 3.05) is 29.9 Å². The first-order chi connectivity index (χ1) is 14.0. The van der Waals surface area contributed by atoms with E-state index in [-0.39, 0.29) is 6.07 Å². The number of alkyl halides is 6. The molecule has 0 spiro atoms. The summed E-state index contributed by atoms with van der Waals surface area (Å²) in [4.78, 5) is 14.7. The van der Waals surface area contributed by atoms with Crippen LogP contribution in [0.15, 0.2) is 42.5 Å². The van der Waals surface area contributed by atoms with Crippen LogP contribution >= 0.6 is 11.8 Å². The second-order valence-corrected chi connectivity index (χ2v) is 8.02. The molecule has 10 heteroatoms. The molecule has 1 aliphatic rings. The van der Waals surface area contributed by atoms with Gasteiger partial charge in [-0.05, 0) is 29.8 Å². The highest BCUT2D eigenvalue weighted by atomic mass is 32.2. The predicted molar refractivity (Wildman–Crippen MR) is 103 cm³/mol. The van der Waals surface area contributed by atoms with Crippen molar-refractivity contribution in [1.82, 2.24) is 4.90 Å². The van der Waals surface area contributed by atoms with Gasteiger partial charge in [-0.15, -0.1) is 0 Å². The minimum atomic E-state index is -5.01. The zero-order valence-corrected chi connectivity index (χ0v) is 16.4. The molecule has 1 fully saturated rings. The summed E-state index contributed by atoms with van der Waals surface area (Å²) < 4.78 is 78.3. The van der Waals surface area contributed by atoms with Gasteiger partial charge in [-0.2, -0.15) is 38.1 Å². The second-order valence-electron chi connectivity index (χ2n) is 6.79. The van der Waals surface area contributed by atoms with Crippen molar-refractivity contribution in [2.24, 2.45) is 0 Å². The van der Waals surface area contributed by atoms with Gasteiger partial charge in [-0.1, -0.05) is 18.2 Å². The monoisotopic (exact) mass is 448 g/mol. The van der Waals surface area contributed by atoms with Crippen molar-refractivity contribution in [3.8, 4) is 0 Å². The Morgan fingerprint density at radius 2 is 1.50 bits per heavy atom. The van der Waals surface area contributed by atoms with Crippen LogP contribution in [0.25, 0.3) is 0 Å². The number of hydrogen-bond acceptors (Lipinski definition) is 3. The molecule has 0 saturated carbocycles. The van der Waals surface area contributed by atoms with Crippen LogP contribution < -0.4 is 5.32 Å². The third kappa shape index (κ3) is 5.69. The van der Waals surface area contributed by atoms with Gasteiger partial charge in [0.2, 0.25) is 0 Å². The van der Waals surface area contributed by atoms with Crippen LogP contribution in [-0.4, -0.2) is 35.4 Å². The molecular formula is C20H18F6N2OS. The maximum atomic E-state index is 13.0. The number of para-hydroxylation sites is 1. The Bertz CT molecular complexity index is 875. The Labute approximate surface area is 173 Å². The molecule has 1 N–H and O–H groups in total. The smallest absolute Gasteiger partial charge is 0.322 e. The highest BCUT2D eigenvalue weighted by molar-refractivity contribution is 7.99. The molecule has 0 atom stereocenters. The number of thioether (sulfide) groups is 1. The van der Waals surface area contributed by atoms with E-state index in [1.54, 1.807) is 24.3 Å². The molecule has 0 aromatic heterocycles. The first-order valence-corrected chi connectivity index (χ1v) is 10.2. The maximum Gasteiger partial charge on any atom is 0.416 e. The van der Waals surface area contributed by atoms with Gasteiger partial charge in [0.05, 0.1) is 11.1 Å². The quantitative estimate of drug-likeness (QED) is 0.625. The summed E-state index contributed by atoms with van der Waals surface area (Å²) in [6.07, 6.45) is -10.0. The lowest BCUT2D eigenvalue weighted by molar-refractivity contribution is -0.143. The molecule has 3 rings (SSSR count). The molecule has 2 aromatic rings. The van der Waals surface area contributed by atoms with Gasteiger partial charge in [0.25, 0.3) is 5.91 Å². The fourth-order valence-corrected chi connectivity index (χ4v) is 4.04. The van der Waals surface area contributed by atoms with Crippen LogP contribution in [0.2, 0.25) is 0 Å². The van der Waals surface area contributed by atoms with E-state index in [4.69, 9.17) is 0 Å². The van der Waals surface area contributed by atoms with Crippen molar-refractivity contribution in [1.29, 1.82) is 0 Å². The first kappa shape index (κ1) is 22.5. The second kappa shape index (κ2) is 8.89. The predicted octanol–water partition coefficient (Wildman–Crippen LogP) is 5.53. The van der Waals surface area contributed by atoms with Crippen LogP contribution in [0.5, 0.6) is 0 Å². The Hall–Kier alpha value is -2.20. The molecule has 2 aromatic carbocycles. The van der Waals surface area contributed by atoms with Crippen LogP contribution in [0.3, 0.4) is 0 Å². The summed E-state index contributed by atoms with van der Waals surface area (Å²) in [7, 11) is 0. The van der Waals surface area contributed by atoms with E-state index in [1.807, 2.05) is 11.8 Å². The molecule has 0 aliphatic carbocycles. The van der Waals surface area contributed by atoms with Crippen LogP contribution in [0, 0.1) is 0 Å². The molecule has 30 heavy (non-hydrogen) atoms. The number of carbonyl (C=O) groups is 1. The molecule has 3 nitrogen and oxygen atoms in total. The molecule has 0 unspecified atom stereocenters. The number of anilines is 1. The minimum Gasteiger partial charge on any atom is -0.322 e. The summed E-state index contributed by atoms with van der Waals surface area (Å²) in [5.41, 5.74) is -2.67. The molecule has 1 amide bonds. The topological polar surface area (TPSA) is 32.3 Å². The number of halogens is 6. The summed E-state index contributed by atoms with van der Waals surface area (Å²) >= 11 is 1.83. The lowest BCUT2D eigenvalue weighted by Crippen LogP contribution is -2.32. The van der Waals surface area contributed by atoms with Gasteiger partial charge in [0.15, 0.2) is 0 Å². The van der Waals surface area contributed by atoms with E-state index in [2.05, 4.69) is 10.2 Å². The van der Waals surface area contributed by atoms with Gasteiger partial charge in [-0.25, -0.2) is 0 Å². The highest BCUT2D eigenvalue weighted by Gasteiger charge is 2.37. The van der Waals surface area contributed by atoms with E-state index in [0.717, 1.165) is 30.2 Å². The normalized spacial score (nSPS) is 15.8. The van der Waals surface area contributed by atoms with Gasteiger partial charge >= 0.3 is 12.4 Å². The molecule has 1 saturated heterocycles. The Morgan fingerprint density at radius 1 is 0.933 bits per heavy atom. The molecule has 1 aliphatic heterocycles. The lowest BCUT2D eigenvalue weighted by Gasteiger charge is -2.27. The van der Waals surface area contributed by atoms with Gasteiger partial charge in [0.1, 0.15) is 0 Å². The lowest BCUT2D eigenvalue weighted by atomic mass is 10.0. The van der Waals surface area contributed by atoms with Gasteiger partial charge in [0, 0.05) is 42.4 Å². The van der Waals surface area contributed by atoms with E-state index in [1.165, 1.54) is 0 Å². The van der Waals surface area contributed by atoms with Crippen LogP contribution in [-0.2, 0) is 18.9 Å². The van der Waals surface area contributed by atoms with Crippen molar-refractivity contribution < 1.29 is 31.1 Å². The number of nitrogens with one attached hydrogen (secondary N) is 1. The summed E-state index contributed by atoms with van der Waals surface area (Å²) in [6, 6.07) is 7.59. The number of benzene rings is 2.